The van der Waals surface area contributed by atoms with Gasteiger partial charge in [0.05, 0.1) is 0 Å². The van der Waals surface area contributed by atoms with Crippen LogP contribution < -0.4 is 0 Å². The van der Waals surface area contributed by atoms with Crippen LogP contribution in [0, 0.1) is 5.92 Å². The summed E-state index contributed by atoms with van der Waals surface area (Å²) in [4.78, 5) is 0. The molecule has 0 unspecified atom stereocenters. The minimum Gasteiger partial charge on any atom is -0.477 e. The molecule has 0 bridgehead atoms. The molecule has 1 heterocycles. The van der Waals surface area contributed by atoms with Gasteiger partial charge in [-0.3, -0.25) is 0 Å². The number of rotatable bonds is 3. The van der Waals surface area contributed by atoms with Crippen molar-refractivity contribution in [2.45, 2.75) is 26.0 Å². The molecule has 1 aliphatic heterocycles. The van der Waals surface area contributed by atoms with E-state index in [1.54, 1.807) is 6.20 Å². The minimum absolute atomic E-state index is 0.0168. The van der Waals surface area contributed by atoms with Gasteiger partial charge in [0.25, 0.3) is 6.20 Å². The second kappa shape index (κ2) is 6.69. The van der Waals surface area contributed by atoms with E-state index in [0.29, 0.717) is 5.92 Å². The standard InChI is InChI=1S/C20H21NO2/c1-15(2)13-21-14-18(22)23-20(17-11-7-4-8-12-17)19(21)16-9-5-3-6-10-16/h3-15,19-20H,1-2H3/p+1/t19-,20+/m1/s1. The van der Waals surface area contributed by atoms with E-state index < -0.39 is 0 Å². The van der Waals surface area contributed by atoms with Gasteiger partial charge in [-0.15, -0.1) is 0 Å². The Morgan fingerprint density at radius 1 is 0.957 bits per heavy atom. The van der Waals surface area contributed by atoms with Crippen molar-refractivity contribution in [3.8, 4) is 0 Å². The molecule has 1 aliphatic rings. The molecule has 3 heteroatoms. The highest BCUT2D eigenvalue weighted by Gasteiger charge is 2.39. The smallest absolute Gasteiger partial charge is 0.344 e. The molecule has 2 aromatic carbocycles. The first-order chi connectivity index (χ1) is 11.1. The first-order valence-corrected chi connectivity index (χ1v) is 7.95. The van der Waals surface area contributed by atoms with Crippen LogP contribution >= 0.6 is 0 Å². The summed E-state index contributed by atoms with van der Waals surface area (Å²) in [5.41, 5.74) is 2.20. The monoisotopic (exact) mass is 308 g/mol. The van der Waals surface area contributed by atoms with Crippen molar-refractivity contribution in [3.05, 3.63) is 83.9 Å². The SMILES string of the molecule is CC(C)C=[N+]1C=C(O)O[C@@H](c2ccccc2)[C@H]1c1ccccc1. The van der Waals surface area contributed by atoms with Gasteiger partial charge in [-0.05, 0) is 5.56 Å². The van der Waals surface area contributed by atoms with Crippen LogP contribution in [-0.2, 0) is 4.74 Å². The molecule has 0 radical (unpaired) electrons. The molecule has 0 saturated carbocycles. The fraction of sp³-hybridized carbons (Fsp3) is 0.250. The van der Waals surface area contributed by atoms with E-state index in [2.05, 4.69) is 36.8 Å². The summed E-state index contributed by atoms with van der Waals surface area (Å²) in [7, 11) is 0. The van der Waals surface area contributed by atoms with Crippen molar-refractivity contribution in [3.63, 3.8) is 0 Å². The summed E-state index contributed by atoms with van der Waals surface area (Å²) < 4.78 is 7.87. The average molecular weight is 308 g/mol. The van der Waals surface area contributed by atoms with E-state index in [-0.39, 0.29) is 18.1 Å². The topological polar surface area (TPSA) is 32.5 Å². The molecule has 0 aromatic heterocycles. The van der Waals surface area contributed by atoms with E-state index in [9.17, 15) is 5.11 Å². The van der Waals surface area contributed by atoms with Crippen LogP contribution in [0.3, 0.4) is 0 Å². The van der Waals surface area contributed by atoms with Gasteiger partial charge in [0.15, 0.2) is 6.10 Å². The zero-order chi connectivity index (χ0) is 16.2. The number of nitrogens with zero attached hydrogens (tertiary/aromatic N) is 1. The third-order valence-electron chi connectivity index (χ3n) is 3.85. The number of aliphatic hydroxyl groups is 1. The molecule has 0 fully saturated rings. The maximum Gasteiger partial charge on any atom is 0.344 e. The fourth-order valence-electron chi connectivity index (χ4n) is 2.96. The van der Waals surface area contributed by atoms with Crippen LogP contribution in [0.15, 0.2) is 72.8 Å². The zero-order valence-electron chi connectivity index (χ0n) is 13.5. The largest absolute Gasteiger partial charge is 0.477 e. The second-order valence-electron chi connectivity index (χ2n) is 6.11. The van der Waals surface area contributed by atoms with Gasteiger partial charge in [-0.2, -0.15) is 4.58 Å². The summed E-state index contributed by atoms with van der Waals surface area (Å²) in [6.45, 7) is 4.25. The predicted octanol–water partition coefficient (Wildman–Crippen LogP) is 4.60. The lowest BCUT2D eigenvalue weighted by atomic mass is 9.94. The molecule has 1 N–H and O–H groups in total. The maximum absolute atomic E-state index is 10.1. The molecular weight excluding hydrogens is 286 g/mol. The van der Waals surface area contributed by atoms with Gasteiger partial charge in [0.2, 0.25) is 6.04 Å². The van der Waals surface area contributed by atoms with Gasteiger partial charge in [-0.25, -0.2) is 0 Å². The fourth-order valence-corrected chi connectivity index (χ4v) is 2.96. The van der Waals surface area contributed by atoms with Crippen LogP contribution in [0.5, 0.6) is 0 Å². The third-order valence-corrected chi connectivity index (χ3v) is 3.85. The highest BCUT2D eigenvalue weighted by Crippen LogP contribution is 2.39. The molecule has 2 atom stereocenters. The Balaban J connectivity index is 2.12. The highest BCUT2D eigenvalue weighted by molar-refractivity contribution is 5.54. The Hall–Kier alpha value is -2.55. The summed E-state index contributed by atoms with van der Waals surface area (Å²) in [5, 5.41) is 10.1. The van der Waals surface area contributed by atoms with Crippen LogP contribution in [-0.4, -0.2) is 15.9 Å². The van der Waals surface area contributed by atoms with Crippen LogP contribution in [0.2, 0.25) is 0 Å². The highest BCUT2D eigenvalue weighted by atomic mass is 16.6. The molecule has 3 rings (SSSR count). The van der Waals surface area contributed by atoms with Gasteiger partial charge in [-0.1, -0.05) is 74.5 Å². The van der Waals surface area contributed by atoms with Gasteiger partial charge in [0, 0.05) is 11.5 Å². The molecule has 23 heavy (non-hydrogen) atoms. The van der Waals surface area contributed by atoms with Crippen molar-refractivity contribution in [1.82, 2.24) is 0 Å². The van der Waals surface area contributed by atoms with E-state index in [1.165, 1.54) is 0 Å². The molecule has 118 valence electrons. The quantitative estimate of drug-likeness (QED) is 0.841. The number of aliphatic hydroxyl groups excluding tert-OH is 1. The van der Waals surface area contributed by atoms with Crippen molar-refractivity contribution in [2.75, 3.05) is 0 Å². The molecule has 0 amide bonds. The van der Waals surface area contributed by atoms with Crippen molar-refractivity contribution in [2.24, 2.45) is 5.92 Å². The van der Waals surface area contributed by atoms with Crippen molar-refractivity contribution >= 4 is 6.21 Å². The van der Waals surface area contributed by atoms with Crippen molar-refractivity contribution in [1.29, 1.82) is 0 Å². The Morgan fingerprint density at radius 3 is 2.09 bits per heavy atom. The number of hydrogen-bond donors (Lipinski definition) is 1. The molecule has 0 spiro atoms. The lowest BCUT2D eigenvalue weighted by Gasteiger charge is -2.28. The second-order valence-corrected chi connectivity index (χ2v) is 6.11. The first kappa shape index (κ1) is 15.3. The van der Waals surface area contributed by atoms with Crippen LogP contribution in [0.25, 0.3) is 0 Å². The lowest BCUT2D eigenvalue weighted by Crippen LogP contribution is -2.29. The van der Waals surface area contributed by atoms with E-state index in [4.69, 9.17) is 4.74 Å². The summed E-state index contributed by atoms with van der Waals surface area (Å²) in [6, 6.07) is 20.3. The number of benzene rings is 2. The summed E-state index contributed by atoms with van der Waals surface area (Å²) >= 11 is 0. The minimum atomic E-state index is -0.265. The first-order valence-electron chi connectivity index (χ1n) is 7.95. The van der Waals surface area contributed by atoms with E-state index in [1.807, 2.05) is 48.5 Å². The van der Waals surface area contributed by atoms with Gasteiger partial charge < -0.3 is 9.84 Å². The Labute approximate surface area is 137 Å². The zero-order valence-corrected chi connectivity index (χ0v) is 13.5. The number of hydrogen-bond acceptors (Lipinski definition) is 2. The summed E-state index contributed by atoms with van der Waals surface area (Å²) in [5.74, 6) is 0.308. The van der Waals surface area contributed by atoms with Crippen LogP contribution in [0.4, 0.5) is 0 Å². The molecule has 3 nitrogen and oxygen atoms in total. The van der Waals surface area contributed by atoms with Gasteiger partial charge >= 0.3 is 5.95 Å². The van der Waals surface area contributed by atoms with Gasteiger partial charge in [0.1, 0.15) is 6.21 Å². The molecule has 0 saturated heterocycles. The molecule has 0 aliphatic carbocycles. The van der Waals surface area contributed by atoms with E-state index >= 15 is 0 Å². The predicted molar refractivity (Wildman–Crippen MR) is 91.3 cm³/mol. The third kappa shape index (κ3) is 3.45. The lowest BCUT2D eigenvalue weighted by molar-refractivity contribution is -0.536. The normalized spacial score (nSPS) is 22.7. The van der Waals surface area contributed by atoms with Crippen molar-refractivity contribution < 1.29 is 14.4 Å². The maximum atomic E-state index is 10.1. The molecular formula is C20H22NO2+. The molecule has 2 aromatic rings. The van der Waals surface area contributed by atoms with E-state index in [0.717, 1.165) is 11.1 Å². The average Bonchev–Trinajstić information content (AvgIpc) is 2.55. The number of ether oxygens (including phenoxy) is 1. The summed E-state index contributed by atoms with van der Waals surface area (Å²) in [6.07, 6.45) is 3.52. The Kier molecular flexibility index (Phi) is 4.47. The Bertz CT molecular complexity index is 705. The Morgan fingerprint density at radius 2 is 1.52 bits per heavy atom. The van der Waals surface area contributed by atoms with Crippen LogP contribution in [0.1, 0.15) is 37.1 Å².